The first-order chi connectivity index (χ1) is 9.33. The molecule has 1 amide bonds. The van der Waals surface area contributed by atoms with Crippen molar-refractivity contribution in [3.8, 4) is 11.3 Å². The van der Waals surface area contributed by atoms with Gasteiger partial charge < -0.3 is 9.73 Å². The van der Waals surface area contributed by atoms with Gasteiger partial charge in [-0.3, -0.25) is 4.57 Å². The van der Waals surface area contributed by atoms with Crippen LogP contribution < -0.4 is 5.32 Å². The summed E-state index contributed by atoms with van der Waals surface area (Å²) >= 11 is 0. The quantitative estimate of drug-likeness (QED) is 0.762. The number of nitrogens with zero attached hydrogens (tertiary/aromatic N) is 3. The molecular weight excluding hydrogens is 244 g/mol. The van der Waals surface area contributed by atoms with E-state index in [1.165, 1.54) is 17.3 Å². The fourth-order valence-electron chi connectivity index (χ4n) is 1.64. The molecule has 0 saturated heterocycles. The summed E-state index contributed by atoms with van der Waals surface area (Å²) in [6.07, 6.45) is 7.59. The first-order valence-corrected chi connectivity index (χ1v) is 5.61. The highest BCUT2D eigenvalue weighted by atomic mass is 16.3. The van der Waals surface area contributed by atoms with Crippen LogP contribution in [0.4, 0.5) is 10.5 Å². The van der Waals surface area contributed by atoms with E-state index in [0.29, 0.717) is 11.4 Å². The van der Waals surface area contributed by atoms with Crippen LogP contribution in [0, 0.1) is 0 Å². The van der Waals surface area contributed by atoms with Crippen LogP contribution in [0.1, 0.15) is 0 Å². The summed E-state index contributed by atoms with van der Waals surface area (Å²) < 4.78 is 6.55. The molecule has 0 atom stereocenters. The van der Waals surface area contributed by atoms with Gasteiger partial charge in [0.2, 0.25) is 0 Å². The summed E-state index contributed by atoms with van der Waals surface area (Å²) in [5.41, 5.74) is 1.60. The summed E-state index contributed by atoms with van der Waals surface area (Å²) in [5.74, 6) is 0.687. The molecule has 3 aromatic rings. The maximum absolute atomic E-state index is 11.8. The molecule has 0 bridgehead atoms. The largest absolute Gasteiger partial charge is 0.444 e. The Morgan fingerprint density at radius 3 is 2.68 bits per heavy atom. The zero-order valence-corrected chi connectivity index (χ0v) is 9.85. The minimum Gasteiger partial charge on any atom is -0.444 e. The van der Waals surface area contributed by atoms with Crippen LogP contribution in [0.25, 0.3) is 11.3 Å². The van der Waals surface area contributed by atoms with Gasteiger partial charge >= 0.3 is 6.03 Å². The second kappa shape index (κ2) is 4.77. The normalized spacial score (nSPS) is 10.3. The van der Waals surface area contributed by atoms with E-state index < -0.39 is 0 Å². The highest BCUT2D eigenvalue weighted by Crippen LogP contribution is 2.20. The third kappa shape index (κ3) is 2.37. The van der Waals surface area contributed by atoms with E-state index in [9.17, 15) is 4.79 Å². The first kappa shape index (κ1) is 11.2. The number of amides is 1. The van der Waals surface area contributed by atoms with Gasteiger partial charge in [0.25, 0.3) is 0 Å². The van der Waals surface area contributed by atoms with Gasteiger partial charge in [0.15, 0.2) is 12.2 Å². The average molecular weight is 254 g/mol. The second-order valence-electron chi connectivity index (χ2n) is 3.84. The Kier molecular flexibility index (Phi) is 2.82. The minimum atomic E-state index is -0.259. The molecule has 94 valence electrons. The highest BCUT2D eigenvalue weighted by molar-refractivity contribution is 5.91. The topological polar surface area (TPSA) is 73.0 Å². The van der Waals surface area contributed by atoms with E-state index in [-0.39, 0.29) is 6.03 Å². The Balaban J connectivity index is 1.75. The van der Waals surface area contributed by atoms with E-state index >= 15 is 0 Å². The molecule has 2 heterocycles. The van der Waals surface area contributed by atoms with E-state index in [2.05, 4.69) is 15.3 Å². The molecular formula is C13H10N4O2. The molecule has 0 radical (unpaired) electrons. The summed E-state index contributed by atoms with van der Waals surface area (Å²) in [4.78, 5) is 19.4. The van der Waals surface area contributed by atoms with Crippen LogP contribution in [-0.4, -0.2) is 20.6 Å². The van der Waals surface area contributed by atoms with Crippen molar-refractivity contribution in [2.75, 3.05) is 5.32 Å². The molecule has 0 aliphatic rings. The molecule has 0 aliphatic heterocycles. The lowest BCUT2D eigenvalue weighted by atomic mass is 10.2. The number of carbonyl (C=O) groups excluding carboxylic acids is 1. The van der Waals surface area contributed by atoms with Gasteiger partial charge in [-0.1, -0.05) is 0 Å². The van der Waals surface area contributed by atoms with Crippen LogP contribution >= 0.6 is 0 Å². The van der Waals surface area contributed by atoms with Gasteiger partial charge in [0.05, 0.1) is 6.20 Å². The number of anilines is 1. The van der Waals surface area contributed by atoms with Gasteiger partial charge in [-0.2, -0.15) is 0 Å². The zero-order chi connectivity index (χ0) is 13.1. The molecule has 2 aromatic heterocycles. The van der Waals surface area contributed by atoms with Crippen molar-refractivity contribution >= 4 is 11.7 Å². The molecule has 0 saturated carbocycles. The van der Waals surface area contributed by atoms with Crippen molar-refractivity contribution in [3.63, 3.8) is 0 Å². The molecule has 0 fully saturated rings. The van der Waals surface area contributed by atoms with Gasteiger partial charge in [0, 0.05) is 23.6 Å². The molecule has 1 aromatic carbocycles. The Morgan fingerprint density at radius 1 is 1.21 bits per heavy atom. The van der Waals surface area contributed by atoms with E-state index in [0.717, 1.165) is 5.56 Å². The number of hydrogen-bond donors (Lipinski definition) is 1. The fourth-order valence-corrected chi connectivity index (χ4v) is 1.64. The Labute approximate surface area is 108 Å². The lowest BCUT2D eigenvalue weighted by Crippen LogP contribution is -2.17. The van der Waals surface area contributed by atoms with E-state index in [1.807, 2.05) is 12.1 Å². The Hall–Kier alpha value is -2.89. The maximum Gasteiger partial charge on any atom is 0.331 e. The second-order valence-corrected chi connectivity index (χ2v) is 3.84. The Bertz CT molecular complexity index is 657. The van der Waals surface area contributed by atoms with E-state index in [1.54, 1.807) is 30.7 Å². The molecule has 19 heavy (non-hydrogen) atoms. The van der Waals surface area contributed by atoms with Crippen LogP contribution in [0.3, 0.4) is 0 Å². The number of benzene rings is 1. The number of imidazole rings is 1. The molecule has 0 aliphatic carbocycles. The molecule has 0 unspecified atom stereocenters. The molecule has 6 heteroatoms. The number of oxazole rings is 1. The van der Waals surface area contributed by atoms with Crippen LogP contribution in [0.5, 0.6) is 0 Å². The van der Waals surface area contributed by atoms with Gasteiger partial charge in [-0.25, -0.2) is 14.8 Å². The summed E-state index contributed by atoms with van der Waals surface area (Å²) in [6.45, 7) is 0. The van der Waals surface area contributed by atoms with Crippen LogP contribution in [-0.2, 0) is 0 Å². The summed E-state index contributed by atoms with van der Waals surface area (Å²) in [5, 5.41) is 2.75. The number of carbonyl (C=O) groups is 1. The Morgan fingerprint density at radius 2 is 2.05 bits per heavy atom. The highest BCUT2D eigenvalue weighted by Gasteiger charge is 2.05. The smallest absolute Gasteiger partial charge is 0.331 e. The fraction of sp³-hybridized carbons (Fsp3) is 0. The molecule has 1 N–H and O–H groups in total. The predicted octanol–water partition coefficient (Wildman–Crippen LogP) is 2.62. The predicted molar refractivity (Wildman–Crippen MR) is 68.6 cm³/mol. The number of rotatable bonds is 2. The minimum absolute atomic E-state index is 0.259. The van der Waals surface area contributed by atoms with Gasteiger partial charge in [0.1, 0.15) is 6.33 Å². The molecule has 3 rings (SSSR count). The van der Waals surface area contributed by atoms with Crippen molar-refractivity contribution in [2.24, 2.45) is 0 Å². The average Bonchev–Trinajstić information content (AvgIpc) is 3.13. The maximum atomic E-state index is 11.8. The van der Waals surface area contributed by atoms with Gasteiger partial charge in [-0.05, 0) is 24.3 Å². The van der Waals surface area contributed by atoms with Crippen molar-refractivity contribution in [1.29, 1.82) is 0 Å². The van der Waals surface area contributed by atoms with Gasteiger partial charge in [-0.15, -0.1) is 0 Å². The number of nitrogens with one attached hydrogen (secondary N) is 1. The zero-order valence-electron chi connectivity index (χ0n) is 9.85. The lowest BCUT2D eigenvalue weighted by molar-refractivity contribution is 0.253. The SMILES string of the molecule is O=C(Nc1ccc(-c2cnco2)cc1)n1ccnc1. The first-order valence-electron chi connectivity index (χ1n) is 5.61. The number of hydrogen-bond acceptors (Lipinski definition) is 4. The van der Waals surface area contributed by atoms with Crippen molar-refractivity contribution < 1.29 is 9.21 Å². The monoisotopic (exact) mass is 254 g/mol. The standard InChI is InChI=1S/C13H10N4O2/c18-13(17-6-5-14-8-17)16-11-3-1-10(2-4-11)12-7-15-9-19-12/h1-9H,(H,16,18). The summed E-state index contributed by atoms with van der Waals surface area (Å²) in [6, 6.07) is 7.04. The van der Waals surface area contributed by atoms with E-state index in [4.69, 9.17) is 4.42 Å². The summed E-state index contributed by atoms with van der Waals surface area (Å²) in [7, 11) is 0. The third-order valence-corrected chi connectivity index (χ3v) is 2.59. The van der Waals surface area contributed by atoms with Crippen molar-refractivity contribution in [1.82, 2.24) is 14.5 Å². The van der Waals surface area contributed by atoms with Crippen LogP contribution in [0.15, 0.2) is 60.0 Å². The van der Waals surface area contributed by atoms with Crippen molar-refractivity contribution in [2.45, 2.75) is 0 Å². The third-order valence-electron chi connectivity index (χ3n) is 2.59. The number of aromatic nitrogens is 3. The molecule has 6 nitrogen and oxygen atoms in total. The van der Waals surface area contributed by atoms with Crippen LogP contribution in [0.2, 0.25) is 0 Å². The molecule has 0 spiro atoms. The lowest BCUT2D eigenvalue weighted by Gasteiger charge is -2.05. The van der Waals surface area contributed by atoms with Crippen molar-refractivity contribution in [3.05, 3.63) is 55.6 Å².